The van der Waals surface area contributed by atoms with Gasteiger partial charge in [-0.25, -0.2) is 15.0 Å². The van der Waals surface area contributed by atoms with E-state index in [0.717, 1.165) is 21.7 Å². The number of anilines is 1. The van der Waals surface area contributed by atoms with Gasteiger partial charge in [-0.3, -0.25) is 18.8 Å². The molecule has 1 fully saturated rings. The zero-order chi connectivity index (χ0) is 20.7. The van der Waals surface area contributed by atoms with Crippen molar-refractivity contribution in [1.29, 1.82) is 0 Å². The summed E-state index contributed by atoms with van der Waals surface area (Å²) in [6.45, 7) is 2.94. The molecule has 0 radical (unpaired) electrons. The number of thiophene rings is 1. The van der Waals surface area contributed by atoms with E-state index >= 15 is 0 Å². The van der Waals surface area contributed by atoms with Gasteiger partial charge in [-0.15, -0.1) is 11.3 Å². The quantitative estimate of drug-likeness (QED) is 0.479. The van der Waals surface area contributed by atoms with Crippen LogP contribution in [0.15, 0.2) is 35.1 Å². The van der Waals surface area contributed by atoms with Crippen LogP contribution in [0.1, 0.15) is 6.42 Å². The molecule has 5 heterocycles. The SMILES string of the molecule is Cn1ncc2c(N3CCN(C(=O)CCn4cnc5sccc5c4=O)CC3)ncnc21. The van der Waals surface area contributed by atoms with Gasteiger partial charge in [-0.05, 0) is 11.4 Å². The molecule has 0 aliphatic carbocycles. The van der Waals surface area contributed by atoms with E-state index in [9.17, 15) is 9.59 Å². The fraction of sp³-hybridized carbons (Fsp3) is 0.368. The number of aromatic nitrogens is 6. The number of fused-ring (bicyclic) bond motifs is 2. The van der Waals surface area contributed by atoms with Crippen molar-refractivity contribution in [3.05, 3.63) is 40.7 Å². The van der Waals surface area contributed by atoms with Crippen LogP contribution in [0.3, 0.4) is 0 Å². The largest absolute Gasteiger partial charge is 0.352 e. The van der Waals surface area contributed by atoms with Gasteiger partial charge in [0.1, 0.15) is 17.0 Å². The maximum atomic E-state index is 12.7. The summed E-state index contributed by atoms with van der Waals surface area (Å²) in [7, 11) is 1.85. The van der Waals surface area contributed by atoms with Crippen molar-refractivity contribution in [3.63, 3.8) is 0 Å². The summed E-state index contributed by atoms with van der Waals surface area (Å²) in [6, 6.07) is 1.78. The minimum Gasteiger partial charge on any atom is -0.352 e. The highest BCUT2D eigenvalue weighted by Gasteiger charge is 2.23. The zero-order valence-electron chi connectivity index (χ0n) is 16.4. The first-order valence-corrected chi connectivity index (χ1v) is 10.6. The molecule has 1 saturated heterocycles. The van der Waals surface area contributed by atoms with Gasteiger partial charge in [0.15, 0.2) is 5.65 Å². The third kappa shape index (κ3) is 3.20. The maximum absolute atomic E-state index is 12.7. The van der Waals surface area contributed by atoms with E-state index in [2.05, 4.69) is 25.0 Å². The molecular weight excluding hydrogens is 404 g/mol. The van der Waals surface area contributed by atoms with Gasteiger partial charge >= 0.3 is 0 Å². The average Bonchev–Trinajstić information content (AvgIpc) is 3.41. The number of carbonyl (C=O) groups is 1. The van der Waals surface area contributed by atoms with Gasteiger partial charge in [0.25, 0.3) is 5.56 Å². The predicted molar refractivity (Wildman–Crippen MR) is 114 cm³/mol. The van der Waals surface area contributed by atoms with Gasteiger partial charge in [0, 0.05) is 46.2 Å². The van der Waals surface area contributed by atoms with Crippen LogP contribution in [0.4, 0.5) is 5.82 Å². The first kappa shape index (κ1) is 18.7. The van der Waals surface area contributed by atoms with Crippen LogP contribution in [-0.4, -0.2) is 66.3 Å². The average molecular weight is 424 g/mol. The molecule has 11 heteroatoms. The molecule has 5 rings (SSSR count). The van der Waals surface area contributed by atoms with E-state index in [1.165, 1.54) is 22.2 Å². The van der Waals surface area contributed by atoms with Crippen molar-refractivity contribution in [2.45, 2.75) is 13.0 Å². The predicted octanol–water partition coefficient (Wildman–Crippen LogP) is 0.874. The van der Waals surface area contributed by atoms with Crippen molar-refractivity contribution in [2.24, 2.45) is 7.05 Å². The third-order valence-corrected chi connectivity index (χ3v) is 6.28. The topological polar surface area (TPSA) is 102 Å². The Labute approximate surface area is 175 Å². The van der Waals surface area contributed by atoms with Gasteiger partial charge in [-0.2, -0.15) is 5.10 Å². The van der Waals surface area contributed by atoms with E-state index in [-0.39, 0.29) is 17.9 Å². The molecule has 0 N–H and O–H groups in total. The van der Waals surface area contributed by atoms with E-state index < -0.39 is 0 Å². The molecule has 0 bridgehead atoms. The van der Waals surface area contributed by atoms with Crippen LogP contribution >= 0.6 is 11.3 Å². The van der Waals surface area contributed by atoms with E-state index in [1.807, 2.05) is 17.3 Å². The Morgan fingerprint density at radius 1 is 1.13 bits per heavy atom. The second-order valence-corrected chi connectivity index (χ2v) is 8.10. The van der Waals surface area contributed by atoms with Crippen molar-refractivity contribution >= 4 is 44.3 Å². The number of amides is 1. The van der Waals surface area contributed by atoms with Crippen molar-refractivity contribution in [1.82, 2.24) is 34.2 Å². The molecule has 0 unspecified atom stereocenters. The number of rotatable bonds is 4. The first-order chi connectivity index (χ1) is 14.6. The Hall–Kier alpha value is -3.34. The Kier molecular flexibility index (Phi) is 4.66. The smallest absolute Gasteiger partial charge is 0.262 e. The van der Waals surface area contributed by atoms with Crippen LogP contribution in [-0.2, 0) is 18.4 Å². The van der Waals surface area contributed by atoms with Crippen LogP contribution < -0.4 is 10.5 Å². The van der Waals surface area contributed by atoms with Gasteiger partial charge in [0.05, 0.1) is 23.3 Å². The van der Waals surface area contributed by atoms with Gasteiger partial charge in [-0.1, -0.05) is 0 Å². The van der Waals surface area contributed by atoms with Crippen molar-refractivity contribution < 1.29 is 4.79 Å². The van der Waals surface area contributed by atoms with Crippen LogP contribution in [0, 0.1) is 0 Å². The van der Waals surface area contributed by atoms with E-state index in [4.69, 9.17) is 0 Å². The fourth-order valence-corrected chi connectivity index (χ4v) is 4.52. The summed E-state index contributed by atoms with van der Waals surface area (Å²) >= 11 is 1.44. The Morgan fingerprint density at radius 2 is 1.97 bits per heavy atom. The maximum Gasteiger partial charge on any atom is 0.262 e. The van der Waals surface area contributed by atoms with E-state index in [1.54, 1.807) is 23.3 Å². The molecule has 0 aromatic carbocycles. The Bertz CT molecular complexity index is 1280. The van der Waals surface area contributed by atoms with Crippen LogP contribution in [0.5, 0.6) is 0 Å². The molecule has 4 aromatic heterocycles. The Balaban J connectivity index is 1.22. The Morgan fingerprint density at radius 3 is 2.80 bits per heavy atom. The van der Waals surface area contributed by atoms with E-state index in [0.29, 0.717) is 38.1 Å². The second kappa shape index (κ2) is 7.48. The third-order valence-electron chi connectivity index (χ3n) is 5.46. The number of nitrogens with zero attached hydrogens (tertiary/aromatic N) is 8. The van der Waals surface area contributed by atoms with Gasteiger partial charge < -0.3 is 9.80 Å². The highest BCUT2D eigenvalue weighted by Crippen LogP contribution is 2.23. The summed E-state index contributed by atoms with van der Waals surface area (Å²) in [6.07, 6.45) is 5.13. The monoisotopic (exact) mass is 424 g/mol. The summed E-state index contributed by atoms with van der Waals surface area (Å²) in [5.74, 6) is 0.892. The number of carbonyl (C=O) groups excluding carboxylic acids is 1. The molecular formula is C19H20N8O2S. The minimum absolute atomic E-state index is 0.0428. The number of hydrogen-bond donors (Lipinski definition) is 0. The molecule has 10 nitrogen and oxygen atoms in total. The standard InChI is InChI=1S/C19H20N8O2S/c1-24-16-14(10-23-24)17(21-11-20-16)26-7-5-25(6-8-26)15(28)2-4-27-12-22-18-13(19(27)29)3-9-30-18/h3,9-12H,2,4-8H2,1H3. The van der Waals surface area contributed by atoms with Crippen LogP contribution in [0.25, 0.3) is 21.3 Å². The fourth-order valence-electron chi connectivity index (χ4n) is 3.80. The normalized spacial score (nSPS) is 14.7. The molecule has 4 aromatic rings. The molecule has 30 heavy (non-hydrogen) atoms. The molecule has 0 atom stereocenters. The molecule has 154 valence electrons. The molecule has 1 aliphatic rings. The molecule has 1 aliphatic heterocycles. The van der Waals surface area contributed by atoms with Crippen molar-refractivity contribution in [2.75, 3.05) is 31.1 Å². The van der Waals surface area contributed by atoms with Crippen LogP contribution in [0.2, 0.25) is 0 Å². The lowest BCUT2D eigenvalue weighted by Gasteiger charge is -2.35. The lowest BCUT2D eigenvalue weighted by Crippen LogP contribution is -2.49. The zero-order valence-corrected chi connectivity index (χ0v) is 17.2. The number of hydrogen-bond acceptors (Lipinski definition) is 8. The lowest BCUT2D eigenvalue weighted by molar-refractivity contribution is -0.131. The molecule has 0 spiro atoms. The second-order valence-electron chi connectivity index (χ2n) is 7.20. The summed E-state index contributed by atoms with van der Waals surface area (Å²) < 4.78 is 3.24. The minimum atomic E-state index is -0.0943. The summed E-state index contributed by atoms with van der Waals surface area (Å²) in [5.41, 5.74) is 0.697. The highest BCUT2D eigenvalue weighted by atomic mass is 32.1. The number of aryl methyl sites for hydroxylation is 2. The molecule has 0 saturated carbocycles. The molecule has 1 amide bonds. The first-order valence-electron chi connectivity index (χ1n) is 9.70. The van der Waals surface area contributed by atoms with Crippen molar-refractivity contribution in [3.8, 4) is 0 Å². The highest BCUT2D eigenvalue weighted by molar-refractivity contribution is 7.16. The lowest BCUT2D eigenvalue weighted by atomic mass is 10.2. The summed E-state index contributed by atoms with van der Waals surface area (Å²) in [4.78, 5) is 42.9. The van der Waals surface area contributed by atoms with Gasteiger partial charge in [0.2, 0.25) is 5.91 Å². The number of piperazine rings is 1. The summed E-state index contributed by atoms with van der Waals surface area (Å²) in [5, 5.41) is 7.63.